The van der Waals surface area contributed by atoms with Crippen molar-refractivity contribution in [1.29, 1.82) is 0 Å². The minimum atomic E-state index is -0.452. The summed E-state index contributed by atoms with van der Waals surface area (Å²) in [5.74, 6) is -0.821. The molecule has 132 valence electrons. The van der Waals surface area contributed by atoms with Crippen molar-refractivity contribution in [1.82, 2.24) is 9.88 Å². The molecule has 0 saturated heterocycles. The monoisotopic (exact) mass is 361 g/mol. The van der Waals surface area contributed by atoms with E-state index in [0.29, 0.717) is 17.3 Å². The number of urea groups is 1. The lowest BCUT2D eigenvalue weighted by atomic mass is 10.1. The van der Waals surface area contributed by atoms with Gasteiger partial charge >= 0.3 is 12.0 Å². The summed E-state index contributed by atoms with van der Waals surface area (Å²) in [6.07, 6.45) is 3.35. The molecule has 1 aromatic heterocycles. The standard InChI is InChI=1S/C18H20ClN3O3/c1-13(17(23)25-2)11-22(12-14-5-4-8-20-10-14)18(24)21-16-7-3-6-15(19)9-16/h3-10,13H,11-12H2,1-2H3,(H,21,24). The van der Waals surface area contributed by atoms with Crippen molar-refractivity contribution in [3.8, 4) is 0 Å². The Hall–Kier alpha value is -2.60. The third kappa shape index (κ3) is 5.76. The summed E-state index contributed by atoms with van der Waals surface area (Å²) in [7, 11) is 1.33. The van der Waals surface area contributed by atoms with Crippen LogP contribution in [0.2, 0.25) is 5.02 Å². The largest absolute Gasteiger partial charge is 0.469 e. The number of esters is 1. The number of carbonyl (C=O) groups excluding carboxylic acids is 2. The molecule has 1 heterocycles. The molecule has 0 aliphatic carbocycles. The number of hydrogen-bond donors (Lipinski definition) is 1. The van der Waals surface area contributed by atoms with Crippen molar-refractivity contribution >= 4 is 29.3 Å². The van der Waals surface area contributed by atoms with E-state index in [1.165, 1.54) is 7.11 Å². The fraction of sp³-hybridized carbons (Fsp3) is 0.278. The van der Waals surface area contributed by atoms with Crippen molar-refractivity contribution in [2.24, 2.45) is 5.92 Å². The van der Waals surface area contributed by atoms with Crippen LogP contribution in [0.4, 0.5) is 10.5 Å². The summed E-state index contributed by atoms with van der Waals surface area (Å²) in [5, 5.41) is 3.32. The lowest BCUT2D eigenvalue weighted by molar-refractivity contribution is -0.145. The van der Waals surface area contributed by atoms with Crippen LogP contribution in [0, 0.1) is 5.92 Å². The molecule has 2 rings (SSSR count). The molecular weight excluding hydrogens is 342 g/mol. The SMILES string of the molecule is COC(=O)C(C)CN(Cc1cccnc1)C(=O)Nc1cccc(Cl)c1. The quantitative estimate of drug-likeness (QED) is 0.798. The average molecular weight is 362 g/mol. The number of rotatable bonds is 6. The van der Waals surface area contributed by atoms with Crippen LogP contribution in [0.25, 0.3) is 0 Å². The van der Waals surface area contributed by atoms with Crippen LogP contribution in [0.15, 0.2) is 48.8 Å². The second-order valence-corrected chi connectivity index (χ2v) is 6.04. The molecule has 0 saturated carbocycles. The summed E-state index contributed by atoms with van der Waals surface area (Å²) in [5.41, 5.74) is 1.44. The highest BCUT2D eigenvalue weighted by Crippen LogP contribution is 2.16. The van der Waals surface area contributed by atoms with E-state index < -0.39 is 5.92 Å². The number of carbonyl (C=O) groups is 2. The second kappa shape index (κ2) is 9.03. The zero-order valence-electron chi connectivity index (χ0n) is 14.1. The maximum absolute atomic E-state index is 12.7. The highest BCUT2D eigenvalue weighted by Gasteiger charge is 2.22. The van der Waals surface area contributed by atoms with Crippen LogP contribution in [0.5, 0.6) is 0 Å². The van der Waals surface area contributed by atoms with Gasteiger partial charge in [-0.15, -0.1) is 0 Å². The lowest BCUT2D eigenvalue weighted by Gasteiger charge is -2.25. The van der Waals surface area contributed by atoms with Crippen LogP contribution in [-0.4, -0.2) is 35.5 Å². The molecule has 25 heavy (non-hydrogen) atoms. The van der Waals surface area contributed by atoms with Gasteiger partial charge in [-0.2, -0.15) is 0 Å². The molecule has 0 radical (unpaired) electrons. The van der Waals surface area contributed by atoms with E-state index in [2.05, 4.69) is 10.3 Å². The lowest BCUT2D eigenvalue weighted by Crippen LogP contribution is -2.39. The smallest absolute Gasteiger partial charge is 0.322 e. The number of nitrogens with zero attached hydrogens (tertiary/aromatic N) is 2. The van der Waals surface area contributed by atoms with Gasteiger partial charge in [0, 0.05) is 36.2 Å². The number of amides is 2. The average Bonchev–Trinajstić information content (AvgIpc) is 2.61. The Labute approximate surface area is 151 Å². The molecule has 0 fully saturated rings. The second-order valence-electron chi connectivity index (χ2n) is 5.61. The third-order valence-corrected chi connectivity index (χ3v) is 3.79. The van der Waals surface area contributed by atoms with Gasteiger partial charge in [0.2, 0.25) is 0 Å². The van der Waals surface area contributed by atoms with Crippen molar-refractivity contribution in [3.05, 3.63) is 59.4 Å². The van der Waals surface area contributed by atoms with E-state index in [0.717, 1.165) is 5.56 Å². The number of pyridine rings is 1. The maximum Gasteiger partial charge on any atom is 0.322 e. The molecule has 0 aliphatic heterocycles. The highest BCUT2D eigenvalue weighted by atomic mass is 35.5. The molecule has 2 aromatic rings. The summed E-state index contributed by atoms with van der Waals surface area (Å²) in [6.45, 7) is 2.25. The zero-order chi connectivity index (χ0) is 18.2. The topological polar surface area (TPSA) is 71.5 Å². The van der Waals surface area contributed by atoms with Gasteiger partial charge in [-0.3, -0.25) is 9.78 Å². The fourth-order valence-electron chi connectivity index (χ4n) is 2.31. The van der Waals surface area contributed by atoms with Gasteiger partial charge in [0.15, 0.2) is 0 Å². The van der Waals surface area contributed by atoms with E-state index in [1.807, 2.05) is 6.07 Å². The number of methoxy groups -OCH3 is 1. The van der Waals surface area contributed by atoms with Gasteiger partial charge in [0.25, 0.3) is 0 Å². The van der Waals surface area contributed by atoms with Gasteiger partial charge < -0.3 is 15.0 Å². The van der Waals surface area contributed by atoms with E-state index in [9.17, 15) is 9.59 Å². The van der Waals surface area contributed by atoms with E-state index in [4.69, 9.17) is 16.3 Å². The first-order valence-electron chi connectivity index (χ1n) is 7.78. The fourth-order valence-corrected chi connectivity index (χ4v) is 2.50. The molecular formula is C18H20ClN3O3. The van der Waals surface area contributed by atoms with E-state index in [-0.39, 0.29) is 18.5 Å². The number of benzene rings is 1. The molecule has 1 aromatic carbocycles. The first kappa shape index (κ1) is 18.7. The van der Waals surface area contributed by atoms with Crippen LogP contribution >= 0.6 is 11.6 Å². The number of nitrogens with one attached hydrogen (secondary N) is 1. The van der Waals surface area contributed by atoms with Gasteiger partial charge in [0.1, 0.15) is 0 Å². The summed E-state index contributed by atoms with van der Waals surface area (Å²) >= 11 is 5.95. The Kier molecular flexibility index (Phi) is 6.77. The number of halogens is 1. The molecule has 1 N–H and O–H groups in total. The Bertz CT molecular complexity index is 725. The van der Waals surface area contributed by atoms with E-state index in [1.54, 1.807) is 54.5 Å². The Morgan fingerprint density at radius 2 is 2.12 bits per heavy atom. The normalized spacial score (nSPS) is 11.5. The Balaban J connectivity index is 2.14. The number of anilines is 1. The molecule has 2 amide bonds. The minimum Gasteiger partial charge on any atom is -0.469 e. The maximum atomic E-state index is 12.7. The highest BCUT2D eigenvalue weighted by molar-refractivity contribution is 6.30. The van der Waals surface area contributed by atoms with Gasteiger partial charge in [0.05, 0.1) is 13.0 Å². The summed E-state index contributed by atoms with van der Waals surface area (Å²) in [6, 6.07) is 10.2. The van der Waals surface area contributed by atoms with Crippen LogP contribution in [0.3, 0.4) is 0 Å². The van der Waals surface area contributed by atoms with Crippen molar-refractivity contribution in [2.75, 3.05) is 19.0 Å². The molecule has 0 bridgehead atoms. The zero-order valence-corrected chi connectivity index (χ0v) is 14.9. The molecule has 7 heteroatoms. The van der Waals surface area contributed by atoms with E-state index >= 15 is 0 Å². The number of aromatic nitrogens is 1. The van der Waals surface area contributed by atoms with Gasteiger partial charge in [-0.05, 0) is 29.8 Å². The minimum absolute atomic E-state index is 0.216. The Morgan fingerprint density at radius 1 is 1.32 bits per heavy atom. The van der Waals surface area contributed by atoms with Crippen molar-refractivity contribution in [2.45, 2.75) is 13.5 Å². The van der Waals surface area contributed by atoms with Gasteiger partial charge in [-0.25, -0.2) is 4.79 Å². The van der Waals surface area contributed by atoms with Crippen LogP contribution < -0.4 is 5.32 Å². The predicted octanol–water partition coefficient (Wildman–Crippen LogP) is 3.58. The Morgan fingerprint density at radius 3 is 2.76 bits per heavy atom. The third-order valence-electron chi connectivity index (χ3n) is 3.56. The molecule has 0 aliphatic rings. The molecule has 0 spiro atoms. The number of ether oxygens (including phenoxy) is 1. The van der Waals surface area contributed by atoms with Crippen LogP contribution in [-0.2, 0) is 16.1 Å². The predicted molar refractivity (Wildman–Crippen MR) is 96.3 cm³/mol. The summed E-state index contributed by atoms with van der Waals surface area (Å²) < 4.78 is 4.75. The van der Waals surface area contributed by atoms with Crippen LogP contribution in [0.1, 0.15) is 12.5 Å². The first-order valence-corrected chi connectivity index (χ1v) is 8.15. The number of hydrogen-bond acceptors (Lipinski definition) is 4. The summed E-state index contributed by atoms with van der Waals surface area (Å²) in [4.78, 5) is 30.0. The molecule has 1 atom stereocenters. The van der Waals surface area contributed by atoms with Crippen molar-refractivity contribution < 1.29 is 14.3 Å². The first-order chi connectivity index (χ1) is 12.0. The van der Waals surface area contributed by atoms with Gasteiger partial charge in [-0.1, -0.05) is 30.7 Å². The molecule has 1 unspecified atom stereocenters. The van der Waals surface area contributed by atoms with Crippen molar-refractivity contribution in [3.63, 3.8) is 0 Å². The molecule has 6 nitrogen and oxygen atoms in total.